The van der Waals surface area contributed by atoms with Crippen LogP contribution in [0.5, 0.6) is 0 Å². The number of aliphatic hydroxyl groups excluding tert-OH is 2. The third-order valence-electron chi connectivity index (χ3n) is 12.9. The fourth-order valence-corrected chi connectivity index (χ4v) is 8.70. The normalized spacial score (nSPS) is 12.5. The number of unbranched alkanes of at least 4 members (excludes halogenated alkanes) is 40. The van der Waals surface area contributed by atoms with Gasteiger partial charge >= 0.3 is 5.97 Å². The van der Waals surface area contributed by atoms with Crippen LogP contribution >= 0.6 is 0 Å². The van der Waals surface area contributed by atoms with Gasteiger partial charge in [-0.3, -0.25) is 9.59 Å². The van der Waals surface area contributed by atoms with Gasteiger partial charge in [0.2, 0.25) is 5.91 Å². The molecule has 0 aliphatic heterocycles. The zero-order valence-corrected chi connectivity index (χ0v) is 40.7. The summed E-state index contributed by atoms with van der Waals surface area (Å²) >= 11 is 0. The maximum atomic E-state index is 12.5. The summed E-state index contributed by atoms with van der Waals surface area (Å²) in [6, 6.07) is -0.557. The molecule has 0 saturated heterocycles. The van der Waals surface area contributed by atoms with Crippen molar-refractivity contribution in [2.45, 2.75) is 321 Å². The van der Waals surface area contributed by atoms with Crippen LogP contribution in [0, 0.1) is 0 Å². The Labute approximate surface area is 375 Å². The van der Waals surface area contributed by atoms with Gasteiger partial charge in [0.05, 0.1) is 25.4 Å². The highest BCUT2D eigenvalue weighted by Crippen LogP contribution is 2.17. The second-order valence-electron chi connectivity index (χ2n) is 18.9. The molecule has 0 radical (unpaired) electrons. The highest BCUT2D eigenvalue weighted by molar-refractivity contribution is 5.76. The average molecular weight is 850 g/mol. The van der Waals surface area contributed by atoms with Crippen LogP contribution in [-0.2, 0) is 14.3 Å². The lowest BCUT2D eigenvalue weighted by molar-refractivity contribution is -0.143. The standard InChI is InChI=1S/C54H107NO5/c1-3-5-7-9-11-13-15-17-19-20-21-22-23-24-26-30-34-38-42-46-52(57)51(50-56)55-53(58)47-43-39-35-31-28-29-33-37-41-45-49-60-54(59)48-44-40-36-32-27-25-18-16-14-12-10-8-6-4-2/h51-52,56-57H,3-50H2,1-2H3,(H,55,58). The van der Waals surface area contributed by atoms with Gasteiger partial charge < -0.3 is 20.3 Å². The lowest BCUT2D eigenvalue weighted by Crippen LogP contribution is -2.45. The molecule has 0 aliphatic rings. The lowest BCUT2D eigenvalue weighted by atomic mass is 10.0. The van der Waals surface area contributed by atoms with E-state index in [1.807, 2.05) is 0 Å². The summed E-state index contributed by atoms with van der Waals surface area (Å²) in [7, 11) is 0. The van der Waals surface area contributed by atoms with Gasteiger partial charge in [-0.25, -0.2) is 0 Å². The lowest BCUT2D eigenvalue weighted by Gasteiger charge is -2.22. The van der Waals surface area contributed by atoms with E-state index < -0.39 is 12.1 Å². The third kappa shape index (κ3) is 46.4. The number of ether oxygens (including phenoxy) is 1. The molecular formula is C54H107NO5. The van der Waals surface area contributed by atoms with Crippen molar-refractivity contribution in [3.8, 4) is 0 Å². The molecular weight excluding hydrogens is 743 g/mol. The van der Waals surface area contributed by atoms with Gasteiger partial charge in [0.15, 0.2) is 0 Å². The van der Waals surface area contributed by atoms with Crippen LogP contribution < -0.4 is 5.32 Å². The molecule has 0 rings (SSSR count). The van der Waals surface area contributed by atoms with Crippen LogP contribution in [0.3, 0.4) is 0 Å². The number of aliphatic hydroxyl groups is 2. The molecule has 0 bridgehead atoms. The molecule has 358 valence electrons. The van der Waals surface area contributed by atoms with E-state index in [9.17, 15) is 19.8 Å². The molecule has 60 heavy (non-hydrogen) atoms. The first-order valence-corrected chi connectivity index (χ1v) is 27.3. The van der Waals surface area contributed by atoms with Gasteiger partial charge in [-0.2, -0.15) is 0 Å². The van der Waals surface area contributed by atoms with Crippen molar-refractivity contribution in [2.24, 2.45) is 0 Å². The molecule has 2 atom stereocenters. The van der Waals surface area contributed by atoms with Gasteiger partial charge in [-0.05, 0) is 25.7 Å². The minimum absolute atomic E-state index is 0.0154. The molecule has 0 aliphatic carbocycles. The number of carbonyl (C=O) groups is 2. The van der Waals surface area contributed by atoms with E-state index in [2.05, 4.69) is 19.2 Å². The molecule has 2 unspecified atom stereocenters. The third-order valence-corrected chi connectivity index (χ3v) is 12.9. The summed E-state index contributed by atoms with van der Waals surface area (Å²) in [5, 5.41) is 23.3. The molecule has 6 nitrogen and oxygen atoms in total. The maximum Gasteiger partial charge on any atom is 0.305 e. The zero-order valence-electron chi connectivity index (χ0n) is 40.7. The second-order valence-corrected chi connectivity index (χ2v) is 18.9. The van der Waals surface area contributed by atoms with Crippen LogP contribution in [0.1, 0.15) is 309 Å². The Hall–Kier alpha value is -1.14. The van der Waals surface area contributed by atoms with Crippen molar-refractivity contribution < 1.29 is 24.5 Å². The maximum absolute atomic E-state index is 12.5. The van der Waals surface area contributed by atoms with Crippen molar-refractivity contribution in [3.05, 3.63) is 0 Å². The molecule has 0 saturated carbocycles. The summed E-state index contributed by atoms with van der Waals surface area (Å²) in [5.41, 5.74) is 0. The Balaban J connectivity index is 3.46. The highest BCUT2D eigenvalue weighted by Gasteiger charge is 2.20. The molecule has 0 fully saturated rings. The van der Waals surface area contributed by atoms with Crippen molar-refractivity contribution in [2.75, 3.05) is 13.2 Å². The van der Waals surface area contributed by atoms with Crippen LogP contribution in [-0.4, -0.2) is 47.4 Å². The quantitative estimate of drug-likeness (QED) is 0.0418. The summed E-state index contributed by atoms with van der Waals surface area (Å²) < 4.78 is 5.46. The molecule has 0 heterocycles. The van der Waals surface area contributed by atoms with Crippen molar-refractivity contribution in [3.63, 3.8) is 0 Å². The van der Waals surface area contributed by atoms with Gasteiger partial charge in [-0.1, -0.05) is 271 Å². The summed E-state index contributed by atoms with van der Waals surface area (Å²) in [5.74, 6) is -0.0693. The van der Waals surface area contributed by atoms with E-state index >= 15 is 0 Å². The molecule has 0 aromatic rings. The summed E-state index contributed by atoms with van der Waals surface area (Å²) in [6.07, 6.45) is 56.5. The van der Waals surface area contributed by atoms with Crippen LogP contribution in [0.4, 0.5) is 0 Å². The first-order chi connectivity index (χ1) is 29.5. The minimum Gasteiger partial charge on any atom is -0.466 e. The topological polar surface area (TPSA) is 95.9 Å². The van der Waals surface area contributed by atoms with Crippen molar-refractivity contribution >= 4 is 11.9 Å². The monoisotopic (exact) mass is 850 g/mol. The fraction of sp³-hybridized carbons (Fsp3) is 0.963. The number of carbonyl (C=O) groups excluding carboxylic acids is 2. The second kappa shape index (κ2) is 50.5. The zero-order chi connectivity index (χ0) is 43.7. The summed E-state index contributed by atoms with van der Waals surface area (Å²) in [4.78, 5) is 24.5. The van der Waals surface area contributed by atoms with Gasteiger partial charge in [0, 0.05) is 12.8 Å². The van der Waals surface area contributed by atoms with E-state index in [-0.39, 0.29) is 18.5 Å². The first-order valence-electron chi connectivity index (χ1n) is 27.3. The van der Waals surface area contributed by atoms with E-state index in [0.29, 0.717) is 25.9 Å². The predicted octanol–water partition coefficient (Wildman–Crippen LogP) is 16.4. The van der Waals surface area contributed by atoms with Gasteiger partial charge in [-0.15, -0.1) is 0 Å². The minimum atomic E-state index is -0.677. The molecule has 3 N–H and O–H groups in total. The first kappa shape index (κ1) is 58.9. The van der Waals surface area contributed by atoms with E-state index in [1.54, 1.807) is 0 Å². The molecule has 0 spiro atoms. The number of hydrogen-bond acceptors (Lipinski definition) is 5. The molecule has 0 aromatic heterocycles. The Morgan fingerprint density at radius 2 is 0.683 bits per heavy atom. The van der Waals surface area contributed by atoms with Crippen molar-refractivity contribution in [1.29, 1.82) is 0 Å². The molecule has 0 aromatic carbocycles. The van der Waals surface area contributed by atoms with E-state index in [0.717, 1.165) is 57.8 Å². The van der Waals surface area contributed by atoms with Gasteiger partial charge in [0.25, 0.3) is 0 Å². The Bertz CT molecular complexity index is 852. The molecule has 6 heteroatoms. The van der Waals surface area contributed by atoms with E-state index in [1.165, 1.54) is 218 Å². The number of rotatable bonds is 51. The van der Waals surface area contributed by atoms with Crippen LogP contribution in [0.25, 0.3) is 0 Å². The Morgan fingerprint density at radius 3 is 1.02 bits per heavy atom. The number of esters is 1. The Morgan fingerprint density at radius 1 is 0.400 bits per heavy atom. The number of amides is 1. The largest absolute Gasteiger partial charge is 0.466 e. The molecule has 1 amide bonds. The highest BCUT2D eigenvalue weighted by atomic mass is 16.5. The summed E-state index contributed by atoms with van der Waals surface area (Å²) in [6.45, 7) is 4.93. The predicted molar refractivity (Wildman–Crippen MR) is 260 cm³/mol. The average Bonchev–Trinajstić information content (AvgIpc) is 3.25. The van der Waals surface area contributed by atoms with Gasteiger partial charge in [0.1, 0.15) is 0 Å². The van der Waals surface area contributed by atoms with Crippen LogP contribution in [0.15, 0.2) is 0 Å². The Kier molecular flexibility index (Phi) is 49.5. The SMILES string of the molecule is CCCCCCCCCCCCCCCCCCCCCC(O)C(CO)NC(=O)CCCCCCCCCCCCOC(=O)CCCCCCCCCCCCCCCC. The number of nitrogens with one attached hydrogen (secondary N) is 1. The smallest absolute Gasteiger partial charge is 0.305 e. The van der Waals surface area contributed by atoms with E-state index in [4.69, 9.17) is 4.74 Å². The fourth-order valence-electron chi connectivity index (χ4n) is 8.70. The van der Waals surface area contributed by atoms with Crippen molar-refractivity contribution in [1.82, 2.24) is 5.32 Å². The van der Waals surface area contributed by atoms with Crippen LogP contribution in [0.2, 0.25) is 0 Å². The number of hydrogen-bond donors (Lipinski definition) is 3.